The molecule has 5 heterocycles. The first-order valence-corrected chi connectivity index (χ1v) is 12.9. The highest BCUT2D eigenvalue weighted by Crippen LogP contribution is 2.51. The Morgan fingerprint density at radius 2 is 1.89 bits per heavy atom. The molecule has 2 saturated carbocycles. The van der Waals surface area contributed by atoms with Gasteiger partial charge >= 0.3 is 0 Å². The average Bonchev–Trinajstić information content (AvgIpc) is 3.60. The summed E-state index contributed by atoms with van der Waals surface area (Å²) in [4.78, 5) is 21.8. The fourth-order valence-corrected chi connectivity index (χ4v) is 5.64. The number of aromatic nitrogens is 5. The molecule has 4 aromatic heterocycles. The summed E-state index contributed by atoms with van der Waals surface area (Å²) in [6.07, 6.45) is 10.8. The lowest BCUT2D eigenvalue weighted by atomic mass is 9.79. The first kappa shape index (κ1) is 23.3. The van der Waals surface area contributed by atoms with Crippen molar-refractivity contribution in [3.63, 3.8) is 0 Å². The van der Waals surface area contributed by atoms with Gasteiger partial charge in [0.2, 0.25) is 0 Å². The Morgan fingerprint density at radius 1 is 1.00 bits per heavy atom. The summed E-state index contributed by atoms with van der Waals surface area (Å²) >= 11 is 0. The van der Waals surface area contributed by atoms with Crippen molar-refractivity contribution in [1.29, 1.82) is 0 Å². The molecule has 2 aliphatic carbocycles. The molecule has 0 radical (unpaired) electrons. The SMILES string of the molecule is Fc1cc(F)c(Nc2cc(-c3nc(NC45CCNCC4C5)c4c(C5CCC5)cncc4n3)ccn2)nc1F. The van der Waals surface area contributed by atoms with Gasteiger partial charge in [0.05, 0.1) is 11.7 Å². The van der Waals surface area contributed by atoms with E-state index in [2.05, 4.69) is 30.9 Å². The van der Waals surface area contributed by atoms with Crippen molar-refractivity contribution >= 4 is 28.4 Å². The Kier molecular flexibility index (Phi) is 5.43. The summed E-state index contributed by atoms with van der Waals surface area (Å²) in [5.74, 6) is -1.78. The molecule has 0 amide bonds. The molecule has 2 unspecified atom stereocenters. The van der Waals surface area contributed by atoms with Crippen LogP contribution in [0.15, 0.2) is 36.8 Å². The van der Waals surface area contributed by atoms with Crippen LogP contribution in [-0.4, -0.2) is 43.5 Å². The van der Waals surface area contributed by atoms with Crippen LogP contribution in [0.25, 0.3) is 22.3 Å². The minimum atomic E-state index is -1.40. The van der Waals surface area contributed by atoms with E-state index >= 15 is 0 Å². The molecule has 3 aliphatic rings. The Bertz CT molecular complexity index is 1560. The number of hydrogen-bond donors (Lipinski definition) is 3. The lowest BCUT2D eigenvalue weighted by molar-refractivity contribution is 0.421. The maximum atomic E-state index is 14.2. The first-order chi connectivity index (χ1) is 18.5. The van der Waals surface area contributed by atoms with Crippen molar-refractivity contribution in [2.75, 3.05) is 23.7 Å². The number of piperidine rings is 1. The third kappa shape index (κ3) is 4.01. The standard InChI is InChI=1S/C27H25F3N8/c28-18-9-19(29)25(36-23(18)30)35-21-8-15(4-6-33-21)24-34-20-13-32-12-17(14-2-1-3-14)22(20)26(37-24)38-27-5-7-31-11-16(27)10-27/h4,6,8-9,12-14,16,31H,1-3,5,7,10-11H2,(H,33,35,36)(H,34,37,38). The molecule has 1 saturated heterocycles. The molecule has 8 nitrogen and oxygen atoms in total. The zero-order valence-corrected chi connectivity index (χ0v) is 20.4. The molecule has 0 aromatic carbocycles. The van der Waals surface area contributed by atoms with Crippen LogP contribution < -0.4 is 16.0 Å². The van der Waals surface area contributed by atoms with Crippen LogP contribution in [0.2, 0.25) is 0 Å². The van der Waals surface area contributed by atoms with Crippen molar-refractivity contribution in [2.45, 2.75) is 43.6 Å². The van der Waals surface area contributed by atoms with E-state index in [1.807, 2.05) is 6.20 Å². The second-order valence-electron chi connectivity index (χ2n) is 10.4. The summed E-state index contributed by atoms with van der Waals surface area (Å²) in [5, 5.41) is 10.9. The molecular weight excluding hydrogens is 493 g/mol. The van der Waals surface area contributed by atoms with Crippen LogP contribution in [0.5, 0.6) is 0 Å². The number of nitrogens with one attached hydrogen (secondary N) is 3. The minimum Gasteiger partial charge on any atom is -0.364 e. The third-order valence-electron chi connectivity index (χ3n) is 8.07. The number of halogens is 3. The highest BCUT2D eigenvalue weighted by atomic mass is 19.2. The van der Waals surface area contributed by atoms with Gasteiger partial charge in [0, 0.05) is 41.5 Å². The van der Waals surface area contributed by atoms with E-state index < -0.39 is 23.4 Å². The molecule has 11 heteroatoms. The van der Waals surface area contributed by atoms with Crippen molar-refractivity contribution in [1.82, 2.24) is 30.2 Å². The van der Waals surface area contributed by atoms with Gasteiger partial charge in [-0.3, -0.25) is 4.98 Å². The van der Waals surface area contributed by atoms with E-state index in [0.717, 1.165) is 55.5 Å². The quantitative estimate of drug-likeness (QED) is 0.304. The number of fused-ring (bicyclic) bond motifs is 2. The molecule has 3 N–H and O–H groups in total. The molecule has 38 heavy (non-hydrogen) atoms. The fourth-order valence-electron chi connectivity index (χ4n) is 5.64. The summed E-state index contributed by atoms with van der Waals surface area (Å²) in [5.41, 5.74) is 2.59. The molecule has 0 bridgehead atoms. The van der Waals surface area contributed by atoms with E-state index in [9.17, 15) is 13.2 Å². The molecule has 2 atom stereocenters. The fraction of sp³-hybridized carbons (Fsp3) is 0.370. The predicted octanol–water partition coefficient (Wildman–Crippen LogP) is 5.07. The van der Waals surface area contributed by atoms with E-state index in [-0.39, 0.29) is 11.4 Å². The lowest BCUT2D eigenvalue weighted by Crippen LogP contribution is -2.38. The Hall–Kier alpha value is -3.86. The van der Waals surface area contributed by atoms with Crippen LogP contribution in [-0.2, 0) is 0 Å². The van der Waals surface area contributed by atoms with Crippen molar-refractivity contribution in [3.05, 3.63) is 59.9 Å². The van der Waals surface area contributed by atoms with Crippen LogP contribution in [0.4, 0.5) is 30.6 Å². The molecule has 194 valence electrons. The van der Waals surface area contributed by atoms with Gasteiger partial charge in [-0.2, -0.15) is 9.37 Å². The second kappa shape index (κ2) is 8.87. The Morgan fingerprint density at radius 3 is 2.71 bits per heavy atom. The number of anilines is 3. The van der Waals surface area contributed by atoms with Crippen LogP contribution >= 0.6 is 0 Å². The second-order valence-corrected chi connectivity index (χ2v) is 10.4. The van der Waals surface area contributed by atoms with Crippen molar-refractivity contribution in [2.24, 2.45) is 5.92 Å². The molecule has 0 spiro atoms. The van der Waals surface area contributed by atoms with E-state index in [1.54, 1.807) is 18.3 Å². The first-order valence-electron chi connectivity index (χ1n) is 12.9. The topological polar surface area (TPSA) is 101 Å². The maximum absolute atomic E-state index is 14.2. The maximum Gasteiger partial charge on any atom is 0.251 e. The molecule has 3 fully saturated rings. The van der Waals surface area contributed by atoms with Gasteiger partial charge in [0.25, 0.3) is 5.95 Å². The number of hydrogen-bond acceptors (Lipinski definition) is 8. The van der Waals surface area contributed by atoms with Crippen molar-refractivity contribution < 1.29 is 13.2 Å². The zero-order chi connectivity index (χ0) is 25.9. The Balaban J connectivity index is 1.29. The largest absolute Gasteiger partial charge is 0.364 e. The lowest BCUT2D eigenvalue weighted by Gasteiger charge is -2.29. The third-order valence-corrected chi connectivity index (χ3v) is 8.07. The molecular formula is C27H25F3N8. The summed E-state index contributed by atoms with van der Waals surface area (Å²) in [7, 11) is 0. The van der Waals surface area contributed by atoms with Crippen LogP contribution in [0, 0.1) is 23.5 Å². The van der Waals surface area contributed by atoms with Gasteiger partial charge < -0.3 is 16.0 Å². The number of rotatable bonds is 6. The van der Waals surface area contributed by atoms with E-state index in [1.165, 1.54) is 18.2 Å². The van der Waals surface area contributed by atoms with Gasteiger partial charge in [-0.1, -0.05) is 6.42 Å². The van der Waals surface area contributed by atoms with Gasteiger partial charge in [-0.25, -0.2) is 23.7 Å². The van der Waals surface area contributed by atoms with Crippen LogP contribution in [0.3, 0.4) is 0 Å². The summed E-state index contributed by atoms with van der Waals surface area (Å²) < 4.78 is 41.1. The van der Waals surface area contributed by atoms with Gasteiger partial charge in [0.1, 0.15) is 11.6 Å². The molecule has 1 aliphatic heterocycles. The minimum absolute atomic E-state index is 0.0325. The monoisotopic (exact) mass is 518 g/mol. The smallest absolute Gasteiger partial charge is 0.251 e. The van der Waals surface area contributed by atoms with Crippen LogP contribution in [0.1, 0.15) is 43.6 Å². The molecule has 7 rings (SSSR count). The van der Waals surface area contributed by atoms with E-state index in [4.69, 9.17) is 9.97 Å². The highest BCUT2D eigenvalue weighted by molar-refractivity contribution is 5.94. The van der Waals surface area contributed by atoms with E-state index in [0.29, 0.717) is 29.3 Å². The normalized spacial score (nSPS) is 22.6. The Labute approximate surface area is 216 Å². The van der Waals surface area contributed by atoms with Gasteiger partial charge in [-0.05, 0) is 61.8 Å². The predicted molar refractivity (Wildman–Crippen MR) is 136 cm³/mol. The number of nitrogens with zero attached hydrogens (tertiary/aromatic N) is 5. The summed E-state index contributed by atoms with van der Waals surface area (Å²) in [6, 6.07) is 3.81. The zero-order valence-electron chi connectivity index (χ0n) is 20.4. The van der Waals surface area contributed by atoms with Crippen molar-refractivity contribution in [3.8, 4) is 11.4 Å². The average molecular weight is 519 g/mol. The van der Waals surface area contributed by atoms with Gasteiger partial charge in [-0.15, -0.1) is 0 Å². The summed E-state index contributed by atoms with van der Waals surface area (Å²) in [6.45, 7) is 1.96. The van der Waals surface area contributed by atoms with Gasteiger partial charge in [0.15, 0.2) is 23.3 Å². The number of pyridine rings is 3. The highest BCUT2D eigenvalue weighted by Gasteiger charge is 2.55. The molecule has 4 aromatic rings.